The summed E-state index contributed by atoms with van der Waals surface area (Å²) in [5, 5.41) is 3.97. The first-order valence-electron chi connectivity index (χ1n) is 5.54. The van der Waals surface area contributed by atoms with E-state index in [2.05, 4.69) is 22.0 Å². The lowest BCUT2D eigenvalue weighted by atomic mass is 10.0. The molecule has 1 aromatic heterocycles. The molecular formula is C10H18N4O. The Hall–Kier alpha value is -1.10. The van der Waals surface area contributed by atoms with Crippen LogP contribution in [-0.2, 0) is 0 Å². The van der Waals surface area contributed by atoms with Gasteiger partial charge >= 0.3 is 0 Å². The number of nitrogens with zero attached hydrogens (tertiary/aromatic N) is 3. The number of rotatable bonds is 2. The second-order valence-electron chi connectivity index (χ2n) is 4.26. The van der Waals surface area contributed by atoms with Gasteiger partial charge in [0.05, 0.1) is 6.04 Å². The normalized spacial score (nSPS) is 24.2. The fraction of sp³-hybridized carbons (Fsp3) is 0.800. The van der Waals surface area contributed by atoms with Gasteiger partial charge in [0.15, 0.2) is 0 Å². The molecule has 2 N–H and O–H groups in total. The van der Waals surface area contributed by atoms with Crippen molar-refractivity contribution in [3.05, 3.63) is 5.89 Å². The van der Waals surface area contributed by atoms with Gasteiger partial charge in [0.1, 0.15) is 0 Å². The predicted octanol–water partition coefficient (Wildman–Crippen LogP) is 1.47. The third kappa shape index (κ3) is 2.12. The first kappa shape index (κ1) is 10.4. The summed E-state index contributed by atoms with van der Waals surface area (Å²) >= 11 is 0. The van der Waals surface area contributed by atoms with Crippen LogP contribution in [0.1, 0.15) is 45.0 Å². The molecule has 2 rings (SSSR count). The topological polar surface area (TPSA) is 68.2 Å². The Morgan fingerprint density at radius 2 is 2.33 bits per heavy atom. The number of hydrogen-bond acceptors (Lipinski definition) is 5. The van der Waals surface area contributed by atoms with E-state index in [1.54, 1.807) is 0 Å². The van der Waals surface area contributed by atoms with Crippen LogP contribution in [0.3, 0.4) is 0 Å². The molecule has 1 aliphatic heterocycles. The summed E-state index contributed by atoms with van der Waals surface area (Å²) in [6.45, 7) is 5.05. The van der Waals surface area contributed by atoms with Gasteiger partial charge in [-0.05, 0) is 38.3 Å². The number of anilines is 1. The van der Waals surface area contributed by atoms with E-state index in [1.807, 2.05) is 6.92 Å². The molecule has 15 heavy (non-hydrogen) atoms. The van der Waals surface area contributed by atoms with Crippen LogP contribution >= 0.6 is 0 Å². The van der Waals surface area contributed by atoms with Crippen LogP contribution in [-0.4, -0.2) is 22.7 Å². The van der Waals surface area contributed by atoms with Gasteiger partial charge in [-0.1, -0.05) is 0 Å². The van der Waals surface area contributed by atoms with Crippen molar-refractivity contribution in [2.24, 2.45) is 5.73 Å². The molecule has 0 aromatic carbocycles. The van der Waals surface area contributed by atoms with Crippen LogP contribution in [0.25, 0.3) is 0 Å². The predicted molar refractivity (Wildman–Crippen MR) is 57.6 cm³/mol. The molecule has 0 radical (unpaired) electrons. The monoisotopic (exact) mass is 210 g/mol. The molecule has 1 aliphatic rings. The lowest BCUT2D eigenvalue weighted by molar-refractivity contribution is 0.358. The van der Waals surface area contributed by atoms with Gasteiger partial charge in [0.25, 0.3) is 5.95 Å². The Morgan fingerprint density at radius 3 is 2.93 bits per heavy atom. The minimum absolute atomic E-state index is 0.189. The van der Waals surface area contributed by atoms with Crippen LogP contribution in [0.15, 0.2) is 4.52 Å². The van der Waals surface area contributed by atoms with Gasteiger partial charge in [-0.25, -0.2) is 0 Å². The maximum Gasteiger partial charge on any atom is 0.266 e. The van der Waals surface area contributed by atoms with Gasteiger partial charge in [-0.15, -0.1) is 0 Å². The molecule has 0 saturated carbocycles. The number of nitrogens with two attached hydrogens (primary N) is 1. The van der Waals surface area contributed by atoms with Gasteiger partial charge in [-0.2, -0.15) is 4.98 Å². The number of hydrogen-bond donors (Lipinski definition) is 1. The molecule has 1 fully saturated rings. The molecule has 0 spiro atoms. The van der Waals surface area contributed by atoms with E-state index < -0.39 is 0 Å². The second kappa shape index (κ2) is 4.18. The zero-order chi connectivity index (χ0) is 10.8. The molecule has 5 heteroatoms. The zero-order valence-corrected chi connectivity index (χ0v) is 9.31. The fourth-order valence-electron chi connectivity index (χ4n) is 1.92. The average molecular weight is 210 g/mol. The second-order valence-corrected chi connectivity index (χ2v) is 4.26. The zero-order valence-electron chi connectivity index (χ0n) is 9.31. The van der Waals surface area contributed by atoms with Gasteiger partial charge < -0.3 is 15.2 Å². The van der Waals surface area contributed by atoms with Crippen molar-refractivity contribution >= 4 is 5.95 Å². The largest absolute Gasteiger partial charge is 0.336 e. The van der Waals surface area contributed by atoms with Crippen molar-refractivity contribution in [2.45, 2.75) is 45.2 Å². The van der Waals surface area contributed by atoms with E-state index in [-0.39, 0.29) is 6.04 Å². The standard InChI is InChI=1S/C10H18N4O/c1-7-5-3-4-6-14(7)10-12-9(8(2)11)15-13-10/h7-8H,3-6,11H2,1-2H3/t7-,8+/m1/s1. The summed E-state index contributed by atoms with van der Waals surface area (Å²) in [6.07, 6.45) is 3.68. The summed E-state index contributed by atoms with van der Waals surface area (Å²) < 4.78 is 5.10. The van der Waals surface area contributed by atoms with Crippen LogP contribution < -0.4 is 10.6 Å². The summed E-state index contributed by atoms with van der Waals surface area (Å²) in [4.78, 5) is 6.50. The highest BCUT2D eigenvalue weighted by molar-refractivity contribution is 5.30. The summed E-state index contributed by atoms with van der Waals surface area (Å²) in [7, 11) is 0. The average Bonchev–Trinajstić information content (AvgIpc) is 2.67. The van der Waals surface area contributed by atoms with Crippen molar-refractivity contribution in [1.82, 2.24) is 10.1 Å². The molecule has 0 amide bonds. The molecule has 5 nitrogen and oxygen atoms in total. The lowest BCUT2D eigenvalue weighted by Gasteiger charge is -2.31. The SMILES string of the molecule is C[C@H](N)c1nc(N2CCCC[C@H]2C)no1. The molecule has 2 heterocycles. The van der Waals surface area contributed by atoms with Gasteiger partial charge in [-0.3, -0.25) is 0 Å². The van der Waals surface area contributed by atoms with Gasteiger partial charge in [0.2, 0.25) is 5.89 Å². The van der Waals surface area contributed by atoms with E-state index in [9.17, 15) is 0 Å². The van der Waals surface area contributed by atoms with Crippen LogP contribution in [0.5, 0.6) is 0 Å². The Kier molecular flexibility index (Phi) is 2.90. The van der Waals surface area contributed by atoms with E-state index >= 15 is 0 Å². The maximum atomic E-state index is 5.68. The minimum atomic E-state index is -0.189. The van der Waals surface area contributed by atoms with Crippen molar-refractivity contribution < 1.29 is 4.52 Å². The summed E-state index contributed by atoms with van der Waals surface area (Å²) in [5.41, 5.74) is 5.68. The summed E-state index contributed by atoms with van der Waals surface area (Å²) in [5.74, 6) is 1.21. The third-order valence-corrected chi connectivity index (χ3v) is 2.88. The van der Waals surface area contributed by atoms with E-state index in [1.165, 1.54) is 19.3 Å². The quantitative estimate of drug-likeness (QED) is 0.800. The Labute approximate surface area is 89.6 Å². The van der Waals surface area contributed by atoms with Crippen molar-refractivity contribution in [2.75, 3.05) is 11.4 Å². The van der Waals surface area contributed by atoms with E-state index in [0.717, 1.165) is 6.54 Å². The van der Waals surface area contributed by atoms with Gasteiger partial charge in [0, 0.05) is 12.6 Å². The van der Waals surface area contributed by atoms with Crippen molar-refractivity contribution in [3.8, 4) is 0 Å². The minimum Gasteiger partial charge on any atom is -0.336 e. The first-order chi connectivity index (χ1) is 7.18. The van der Waals surface area contributed by atoms with E-state index in [4.69, 9.17) is 10.3 Å². The van der Waals surface area contributed by atoms with Crippen LogP contribution in [0, 0.1) is 0 Å². The lowest BCUT2D eigenvalue weighted by Crippen LogP contribution is -2.38. The molecule has 1 saturated heterocycles. The molecule has 0 unspecified atom stereocenters. The molecular weight excluding hydrogens is 192 g/mol. The van der Waals surface area contributed by atoms with Crippen LogP contribution in [0.2, 0.25) is 0 Å². The molecule has 84 valence electrons. The molecule has 0 bridgehead atoms. The molecule has 0 aliphatic carbocycles. The molecule has 2 atom stereocenters. The Balaban J connectivity index is 2.13. The third-order valence-electron chi connectivity index (χ3n) is 2.88. The maximum absolute atomic E-state index is 5.68. The Morgan fingerprint density at radius 1 is 1.53 bits per heavy atom. The van der Waals surface area contributed by atoms with Crippen molar-refractivity contribution in [1.29, 1.82) is 0 Å². The smallest absolute Gasteiger partial charge is 0.266 e. The van der Waals surface area contributed by atoms with E-state index in [0.29, 0.717) is 17.9 Å². The Bertz CT molecular complexity index is 323. The number of aromatic nitrogens is 2. The highest BCUT2D eigenvalue weighted by atomic mass is 16.5. The number of piperidine rings is 1. The summed E-state index contributed by atoms with van der Waals surface area (Å²) in [6, 6.07) is 0.309. The fourth-order valence-corrected chi connectivity index (χ4v) is 1.92. The molecule has 1 aromatic rings. The highest BCUT2D eigenvalue weighted by Crippen LogP contribution is 2.22. The van der Waals surface area contributed by atoms with Crippen LogP contribution in [0.4, 0.5) is 5.95 Å². The van der Waals surface area contributed by atoms with Crippen molar-refractivity contribution in [3.63, 3.8) is 0 Å². The highest BCUT2D eigenvalue weighted by Gasteiger charge is 2.23. The first-order valence-corrected chi connectivity index (χ1v) is 5.54.